The van der Waals surface area contributed by atoms with Crippen molar-refractivity contribution in [1.29, 1.82) is 0 Å². The first kappa shape index (κ1) is 24.3. The van der Waals surface area contributed by atoms with Crippen LogP contribution in [0.5, 0.6) is 0 Å². The molecule has 2 rings (SSSR count). The fourth-order valence-corrected chi connectivity index (χ4v) is 5.70. The van der Waals surface area contributed by atoms with Gasteiger partial charge in [-0.3, -0.25) is 4.79 Å². The predicted octanol–water partition coefficient (Wildman–Crippen LogP) is 4.90. The average molecular weight is 485 g/mol. The second kappa shape index (κ2) is 12.0. The third-order valence-electron chi connectivity index (χ3n) is 5.78. The van der Waals surface area contributed by atoms with Gasteiger partial charge in [0.15, 0.2) is 0 Å². The smallest absolute Gasteiger partial charge is 0.217 e. The number of halogens is 1. The van der Waals surface area contributed by atoms with Gasteiger partial charge < -0.3 is 15.9 Å². The Morgan fingerprint density at radius 1 is 1.45 bits per heavy atom. The zero-order valence-corrected chi connectivity index (χ0v) is 19.8. The Kier molecular flexibility index (Phi) is 10.1. The predicted molar refractivity (Wildman–Crippen MR) is 124 cm³/mol. The zero-order chi connectivity index (χ0) is 21.4. The minimum Gasteiger partial charge on any atom is -0.393 e. The highest BCUT2D eigenvalue weighted by molar-refractivity contribution is 9.10. The number of primary amides is 1. The molecule has 5 atom stereocenters. The normalized spacial score (nSPS) is 26.0. The van der Waals surface area contributed by atoms with Crippen molar-refractivity contribution in [3.05, 3.63) is 44.6 Å². The van der Waals surface area contributed by atoms with Gasteiger partial charge in [0, 0.05) is 20.6 Å². The fourth-order valence-electron chi connectivity index (χ4n) is 4.09. The fraction of sp³-hybridized carbons (Fsp3) is 0.609. The molecule has 1 amide bonds. The van der Waals surface area contributed by atoms with Gasteiger partial charge in [-0.2, -0.15) is 0 Å². The number of aliphatic hydroxyl groups excluding tert-OH is 2. The lowest BCUT2D eigenvalue weighted by atomic mass is 9.86. The molecule has 1 aliphatic carbocycles. The SMILES string of the molecule is Cc1sc(CC[C@H](O)C=C[C@H]2C(C)CC(O)[C@@H]2CC=CCCCC(N)=O)cc1Br. The maximum atomic E-state index is 10.8. The summed E-state index contributed by atoms with van der Waals surface area (Å²) in [5.74, 6) is 0.589. The summed E-state index contributed by atoms with van der Waals surface area (Å²) in [4.78, 5) is 13.3. The van der Waals surface area contributed by atoms with E-state index in [1.807, 2.05) is 6.08 Å². The molecule has 0 bridgehead atoms. The number of rotatable bonds is 11. The van der Waals surface area contributed by atoms with Crippen LogP contribution in [0.3, 0.4) is 0 Å². The lowest BCUT2D eigenvalue weighted by Gasteiger charge is -2.20. The highest BCUT2D eigenvalue weighted by atomic mass is 79.9. The minimum absolute atomic E-state index is 0.178. The van der Waals surface area contributed by atoms with E-state index < -0.39 is 6.10 Å². The van der Waals surface area contributed by atoms with E-state index >= 15 is 0 Å². The Hall–Kier alpha value is -0.950. The summed E-state index contributed by atoms with van der Waals surface area (Å²) in [5.41, 5.74) is 5.15. The highest BCUT2D eigenvalue weighted by Crippen LogP contribution is 2.40. The number of allylic oxidation sites excluding steroid dienone is 3. The van der Waals surface area contributed by atoms with E-state index in [0.717, 1.165) is 36.6 Å². The Bertz CT molecular complexity index is 695. The summed E-state index contributed by atoms with van der Waals surface area (Å²) < 4.78 is 1.14. The van der Waals surface area contributed by atoms with Crippen molar-refractivity contribution in [3.63, 3.8) is 0 Å². The summed E-state index contributed by atoms with van der Waals surface area (Å²) in [7, 11) is 0. The summed E-state index contributed by atoms with van der Waals surface area (Å²) in [6, 6.07) is 2.14. The third-order valence-corrected chi connectivity index (χ3v) is 7.97. The van der Waals surface area contributed by atoms with Gasteiger partial charge in [0.05, 0.1) is 12.2 Å². The van der Waals surface area contributed by atoms with Crippen LogP contribution >= 0.6 is 27.3 Å². The lowest BCUT2D eigenvalue weighted by Crippen LogP contribution is -2.18. The first-order valence-corrected chi connectivity index (χ1v) is 12.1. The second-order valence-electron chi connectivity index (χ2n) is 8.19. The Labute approximate surface area is 187 Å². The number of nitrogens with two attached hydrogens (primary N) is 1. The quantitative estimate of drug-likeness (QED) is 0.309. The first-order valence-electron chi connectivity index (χ1n) is 10.5. The number of carbonyl (C=O) groups excluding carboxylic acids is 1. The molecule has 0 radical (unpaired) electrons. The van der Waals surface area contributed by atoms with Crippen molar-refractivity contribution in [1.82, 2.24) is 0 Å². The maximum absolute atomic E-state index is 10.8. The van der Waals surface area contributed by atoms with Crippen LogP contribution in [0.25, 0.3) is 0 Å². The van der Waals surface area contributed by atoms with E-state index in [0.29, 0.717) is 18.8 Å². The molecule has 4 nitrogen and oxygen atoms in total. The van der Waals surface area contributed by atoms with Gasteiger partial charge in [0.25, 0.3) is 0 Å². The first-order chi connectivity index (χ1) is 13.8. The van der Waals surface area contributed by atoms with Crippen LogP contribution in [0.15, 0.2) is 34.8 Å². The zero-order valence-electron chi connectivity index (χ0n) is 17.4. The average Bonchev–Trinajstić information content (AvgIpc) is 3.11. The van der Waals surface area contributed by atoms with Crippen molar-refractivity contribution in [2.45, 2.75) is 71.0 Å². The van der Waals surface area contributed by atoms with Crippen LogP contribution < -0.4 is 5.73 Å². The van der Waals surface area contributed by atoms with Gasteiger partial charge in [0.2, 0.25) is 5.91 Å². The standard InChI is InChI=1S/C23H34BrNO3S/c1-15-13-22(27)20(7-5-3-4-6-8-23(25)28)19(15)12-10-17(26)9-11-18-14-21(24)16(2)29-18/h3,5,10,12,14-15,17,19-20,22,26-27H,4,6-9,11,13H2,1-2H3,(H2,25,28)/t15?,17-,19-,20+,22?/m0/s1. The number of aliphatic hydroxyl groups is 2. The molecule has 1 saturated carbocycles. The van der Waals surface area contributed by atoms with Gasteiger partial charge in [-0.1, -0.05) is 31.2 Å². The van der Waals surface area contributed by atoms with Crippen LogP contribution in [0.1, 0.15) is 55.2 Å². The van der Waals surface area contributed by atoms with Crippen molar-refractivity contribution in [2.75, 3.05) is 0 Å². The molecule has 0 saturated heterocycles. The van der Waals surface area contributed by atoms with Crippen LogP contribution in [-0.4, -0.2) is 28.3 Å². The number of unbranched alkanes of at least 4 members (excludes halogenated alkanes) is 1. The molecule has 1 aromatic heterocycles. The van der Waals surface area contributed by atoms with E-state index in [1.165, 1.54) is 9.75 Å². The molecular weight excluding hydrogens is 450 g/mol. The van der Waals surface area contributed by atoms with E-state index in [1.54, 1.807) is 11.3 Å². The molecule has 0 aromatic carbocycles. The molecule has 4 N–H and O–H groups in total. The van der Waals surface area contributed by atoms with E-state index in [-0.39, 0.29) is 23.8 Å². The second-order valence-corrected chi connectivity index (χ2v) is 10.4. The molecule has 1 heterocycles. The van der Waals surface area contributed by atoms with Gasteiger partial charge in [-0.15, -0.1) is 11.3 Å². The van der Waals surface area contributed by atoms with Gasteiger partial charge in [0.1, 0.15) is 0 Å². The van der Waals surface area contributed by atoms with E-state index in [2.05, 4.69) is 54.1 Å². The molecule has 29 heavy (non-hydrogen) atoms. The Balaban J connectivity index is 1.83. The van der Waals surface area contributed by atoms with Crippen LogP contribution in [0, 0.1) is 24.7 Å². The number of hydrogen-bond donors (Lipinski definition) is 3. The summed E-state index contributed by atoms with van der Waals surface area (Å²) in [6.07, 6.45) is 12.7. The van der Waals surface area contributed by atoms with Crippen molar-refractivity contribution in [2.24, 2.45) is 23.5 Å². The van der Waals surface area contributed by atoms with E-state index in [4.69, 9.17) is 5.73 Å². The number of hydrogen-bond acceptors (Lipinski definition) is 4. The molecule has 0 aliphatic heterocycles. The Morgan fingerprint density at radius 2 is 2.21 bits per heavy atom. The van der Waals surface area contributed by atoms with E-state index in [9.17, 15) is 15.0 Å². The molecule has 0 spiro atoms. The number of aryl methyl sites for hydroxylation is 2. The molecular formula is C23H34BrNO3S. The van der Waals surface area contributed by atoms with Crippen LogP contribution in [-0.2, 0) is 11.2 Å². The summed E-state index contributed by atoms with van der Waals surface area (Å²) >= 11 is 5.31. The van der Waals surface area contributed by atoms with Gasteiger partial charge >= 0.3 is 0 Å². The molecule has 1 aliphatic rings. The molecule has 1 fully saturated rings. The third kappa shape index (κ3) is 8.00. The summed E-state index contributed by atoms with van der Waals surface area (Å²) in [5, 5.41) is 20.9. The molecule has 6 heteroatoms. The van der Waals surface area contributed by atoms with Gasteiger partial charge in [-0.05, 0) is 85.2 Å². The number of thiophene rings is 1. The molecule has 2 unspecified atom stereocenters. The molecule has 1 aromatic rings. The van der Waals surface area contributed by atoms with Crippen LogP contribution in [0.4, 0.5) is 0 Å². The largest absolute Gasteiger partial charge is 0.393 e. The summed E-state index contributed by atoms with van der Waals surface area (Å²) in [6.45, 7) is 4.26. The van der Waals surface area contributed by atoms with Gasteiger partial charge in [-0.25, -0.2) is 0 Å². The van der Waals surface area contributed by atoms with Crippen molar-refractivity contribution >= 4 is 33.2 Å². The van der Waals surface area contributed by atoms with Crippen molar-refractivity contribution < 1.29 is 15.0 Å². The monoisotopic (exact) mass is 483 g/mol. The molecule has 162 valence electrons. The highest BCUT2D eigenvalue weighted by Gasteiger charge is 2.37. The maximum Gasteiger partial charge on any atom is 0.217 e. The van der Waals surface area contributed by atoms with Crippen molar-refractivity contribution in [3.8, 4) is 0 Å². The minimum atomic E-state index is -0.467. The number of amides is 1. The Morgan fingerprint density at radius 3 is 2.86 bits per heavy atom. The number of carbonyl (C=O) groups is 1. The lowest BCUT2D eigenvalue weighted by molar-refractivity contribution is -0.118. The topological polar surface area (TPSA) is 83.6 Å². The van der Waals surface area contributed by atoms with Crippen LogP contribution in [0.2, 0.25) is 0 Å².